The van der Waals surface area contributed by atoms with Crippen LogP contribution in [0.5, 0.6) is 0 Å². The lowest BCUT2D eigenvalue weighted by molar-refractivity contribution is 0.564. The number of nitrogens with zero attached hydrogens (tertiary/aromatic N) is 1. The van der Waals surface area contributed by atoms with Crippen LogP contribution in [-0.2, 0) is 15.5 Å². The number of aromatic nitrogens is 1. The number of pyridine rings is 1. The van der Waals surface area contributed by atoms with Crippen LogP contribution in [0.3, 0.4) is 0 Å². The van der Waals surface area contributed by atoms with Crippen molar-refractivity contribution in [2.45, 2.75) is 43.9 Å². The topological polar surface area (TPSA) is 42.0 Å². The molecule has 0 spiro atoms. The number of hydrogen-bond donors (Lipinski definition) is 1. The largest absolute Gasteiger partial charge is 0.376 e. The maximum Gasteiger partial charge on any atom is 0.122 e. The van der Waals surface area contributed by atoms with Crippen molar-refractivity contribution in [2.75, 3.05) is 5.75 Å². The summed E-state index contributed by atoms with van der Waals surface area (Å²) in [7, 11) is -0.978. The summed E-state index contributed by atoms with van der Waals surface area (Å²) in [6.07, 6.45) is 6.45. The molecule has 1 aromatic rings. The highest BCUT2D eigenvalue weighted by molar-refractivity contribution is 7.90. The zero-order valence-electron chi connectivity index (χ0n) is 11.4. The van der Waals surface area contributed by atoms with Gasteiger partial charge in [-0.1, -0.05) is 24.7 Å². The Labute approximate surface area is 122 Å². The van der Waals surface area contributed by atoms with Gasteiger partial charge in [0.15, 0.2) is 0 Å². The quantitative estimate of drug-likeness (QED) is 0.870. The van der Waals surface area contributed by atoms with Gasteiger partial charge in [0.05, 0.1) is 4.99 Å². The first-order valence-electron chi connectivity index (χ1n) is 6.67. The average Bonchev–Trinajstić information content (AvgIpc) is 2.39. The van der Waals surface area contributed by atoms with E-state index in [2.05, 4.69) is 24.1 Å². The molecule has 19 heavy (non-hydrogen) atoms. The molecule has 0 radical (unpaired) electrons. The molecule has 0 amide bonds. The molecule has 0 unspecified atom stereocenters. The predicted molar refractivity (Wildman–Crippen MR) is 83.6 cm³/mol. The van der Waals surface area contributed by atoms with Gasteiger partial charge in [0.25, 0.3) is 0 Å². The highest BCUT2D eigenvalue weighted by atomic mass is 32.2. The summed E-state index contributed by atoms with van der Waals surface area (Å²) in [5.41, 5.74) is 0.978. The Bertz CT molecular complexity index is 476. The molecule has 1 saturated heterocycles. The molecular formula is C14H20N2OS2. The molecule has 1 aliphatic heterocycles. The minimum Gasteiger partial charge on any atom is -0.376 e. The molecule has 1 N–H and O–H groups in total. The van der Waals surface area contributed by atoms with Gasteiger partial charge in [-0.05, 0) is 38.3 Å². The number of hydrogen-bond acceptors (Lipinski definition) is 3. The van der Waals surface area contributed by atoms with E-state index in [1.165, 1.54) is 0 Å². The second kappa shape index (κ2) is 6.09. The Morgan fingerprint density at radius 2 is 2.32 bits per heavy atom. The summed E-state index contributed by atoms with van der Waals surface area (Å²) in [6, 6.07) is 4.13. The van der Waals surface area contributed by atoms with Crippen LogP contribution in [0.15, 0.2) is 24.5 Å². The Balaban J connectivity index is 2.44. The van der Waals surface area contributed by atoms with E-state index in [0.717, 1.165) is 30.6 Å². The van der Waals surface area contributed by atoms with Crippen LogP contribution in [0.2, 0.25) is 0 Å². The van der Waals surface area contributed by atoms with Gasteiger partial charge in [0.2, 0.25) is 0 Å². The predicted octanol–water partition coefficient (Wildman–Crippen LogP) is 2.53. The molecule has 0 aromatic carbocycles. The normalized spacial score (nSPS) is 27.2. The Morgan fingerprint density at radius 3 is 2.89 bits per heavy atom. The Kier molecular flexibility index (Phi) is 4.68. The Hall–Kier alpha value is -0.810. The van der Waals surface area contributed by atoms with Crippen molar-refractivity contribution in [3.8, 4) is 0 Å². The molecule has 104 valence electrons. The molecule has 0 aliphatic carbocycles. The van der Waals surface area contributed by atoms with Crippen molar-refractivity contribution < 1.29 is 4.21 Å². The maximum atomic E-state index is 12.7. The van der Waals surface area contributed by atoms with Crippen LogP contribution in [0.4, 0.5) is 0 Å². The first kappa shape index (κ1) is 14.6. The third kappa shape index (κ3) is 2.87. The minimum atomic E-state index is -0.978. The van der Waals surface area contributed by atoms with E-state index in [0.29, 0.717) is 4.99 Å². The summed E-state index contributed by atoms with van der Waals surface area (Å²) >= 11 is 5.59. The van der Waals surface area contributed by atoms with Gasteiger partial charge >= 0.3 is 0 Å². The molecule has 3 nitrogen and oxygen atoms in total. The summed E-state index contributed by atoms with van der Waals surface area (Å²) in [5.74, 6) is 0.717. The lowest BCUT2D eigenvalue weighted by Gasteiger charge is -2.38. The van der Waals surface area contributed by atoms with Gasteiger partial charge in [0.1, 0.15) is 4.75 Å². The Morgan fingerprint density at radius 1 is 1.53 bits per heavy atom. The van der Waals surface area contributed by atoms with E-state index >= 15 is 0 Å². The molecule has 5 heteroatoms. The molecule has 1 aliphatic rings. The van der Waals surface area contributed by atoms with E-state index in [9.17, 15) is 4.21 Å². The van der Waals surface area contributed by atoms with E-state index in [1.807, 2.05) is 12.1 Å². The smallest absolute Gasteiger partial charge is 0.122 e. The average molecular weight is 296 g/mol. The van der Waals surface area contributed by atoms with Crippen molar-refractivity contribution in [1.29, 1.82) is 0 Å². The number of rotatable bonds is 3. The monoisotopic (exact) mass is 296 g/mol. The van der Waals surface area contributed by atoms with Crippen LogP contribution in [0, 0.1) is 0 Å². The van der Waals surface area contributed by atoms with E-state index in [4.69, 9.17) is 12.2 Å². The van der Waals surface area contributed by atoms with E-state index in [1.54, 1.807) is 12.4 Å². The van der Waals surface area contributed by atoms with Gasteiger partial charge in [-0.25, -0.2) is 0 Å². The molecule has 2 heterocycles. The van der Waals surface area contributed by atoms with Crippen molar-refractivity contribution in [3.05, 3.63) is 30.1 Å². The SMILES string of the molecule is CC(C)NC(=S)[C@]1(c2cccnc2)CCCC[S@@]1=O. The van der Waals surface area contributed by atoms with Gasteiger partial charge in [0, 0.05) is 35.0 Å². The van der Waals surface area contributed by atoms with E-state index < -0.39 is 15.5 Å². The fraction of sp³-hybridized carbons (Fsp3) is 0.571. The fourth-order valence-corrected chi connectivity index (χ4v) is 5.07. The van der Waals surface area contributed by atoms with Gasteiger partial charge in [-0.3, -0.25) is 9.19 Å². The lowest BCUT2D eigenvalue weighted by atomic mass is 9.92. The van der Waals surface area contributed by atoms with Crippen LogP contribution in [0.1, 0.15) is 38.7 Å². The highest BCUT2D eigenvalue weighted by Gasteiger charge is 2.44. The summed E-state index contributed by atoms with van der Waals surface area (Å²) in [5, 5.41) is 3.29. The lowest BCUT2D eigenvalue weighted by Crippen LogP contribution is -2.50. The molecule has 1 fully saturated rings. The third-order valence-corrected chi connectivity index (χ3v) is 6.09. The highest BCUT2D eigenvalue weighted by Crippen LogP contribution is 2.38. The molecule has 0 saturated carbocycles. The molecule has 1 aromatic heterocycles. The number of nitrogens with one attached hydrogen (secondary N) is 1. The van der Waals surface area contributed by atoms with E-state index in [-0.39, 0.29) is 6.04 Å². The van der Waals surface area contributed by atoms with Crippen LogP contribution in [-0.4, -0.2) is 26.0 Å². The summed E-state index contributed by atoms with van der Waals surface area (Å²) in [4.78, 5) is 4.88. The van der Waals surface area contributed by atoms with Crippen molar-refractivity contribution in [1.82, 2.24) is 10.3 Å². The fourth-order valence-electron chi connectivity index (χ4n) is 2.50. The molecular weight excluding hydrogens is 276 g/mol. The van der Waals surface area contributed by atoms with Gasteiger partial charge < -0.3 is 5.32 Å². The standard InChI is InChI=1S/C14H20N2OS2/c1-11(2)16-13(18)14(7-3-4-9-19(14)17)12-6-5-8-15-10-12/h5-6,8,10-11H,3-4,7,9H2,1-2H3,(H,16,18)/t14-,19+/m1/s1. The van der Waals surface area contributed by atoms with Crippen LogP contribution in [0.25, 0.3) is 0 Å². The molecule has 2 rings (SSSR count). The second-order valence-electron chi connectivity index (χ2n) is 5.20. The number of thiocarbonyl (C=S) groups is 1. The van der Waals surface area contributed by atoms with Crippen LogP contribution >= 0.6 is 12.2 Å². The molecule has 0 bridgehead atoms. The minimum absolute atomic E-state index is 0.250. The van der Waals surface area contributed by atoms with Crippen LogP contribution < -0.4 is 5.32 Å². The molecule has 2 atom stereocenters. The zero-order valence-corrected chi connectivity index (χ0v) is 13.0. The maximum absolute atomic E-state index is 12.7. The second-order valence-corrected chi connectivity index (χ2v) is 7.41. The first-order valence-corrected chi connectivity index (χ1v) is 8.40. The summed E-state index contributed by atoms with van der Waals surface area (Å²) < 4.78 is 12.1. The van der Waals surface area contributed by atoms with Gasteiger partial charge in [-0.15, -0.1) is 0 Å². The van der Waals surface area contributed by atoms with Gasteiger partial charge in [-0.2, -0.15) is 0 Å². The first-order chi connectivity index (χ1) is 9.07. The third-order valence-electron chi connectivity index (χ3n) is 3.41. The zero-order chi connectivity index (χ0) is 13.9. The van der Waals surface area contributed by atoms with Crippen molar-refractivity contribution >= 4 is 28.0 Å². The summed E-state index contributed by atoms with van der Waals surface area (Å²) in [6.45, 7) is 4.10. The van der Waals surface area contributed by atoms with Crippen molar-refractivity contribution in [2.24, 2.45) is 0 Å². The van der Waals surface area contributed by atoms with Crippen molar-refractivity contribution in [3.63, 3.8) is 0 Å².